The molecule has 7 heteroatoms. The molecule has 2 amide bonds. The molecular weight excluding hydrogens is 360 g/mol. The maximum atomic E-state index is 12.7. The minimum Gasteiger partial charge on any atom is -0.491 e. The third-order valence-corrected chi connectivity index (χ3v) is 4.33. The van der Waals surface area contributed by atoms with Gasteiger partial charge in [0.2, 0.25) is 12.0 Å². The zero-order valence-corrected chi connectivity index (χ0v) is 15.8. The van der Waals surface area contributed by atoms with E-state index in [4.69, 9.17) is 9.47 Å². The highest BCUT2D eigenvalue weighted by Gasteiger charge is 2.30. The first-order valence-electron chi connectivity index (χ1n) is 8.95. The van der Waals surface area contributed by atoms with Crippen molar-refractivity contribution >= 4 is 23.5 Å². The van der Waals surface area contributed by atoms with E-state index in [0.29, 0.717) is 17.0 Å². The van der Waals surface area contributed by atoms with E-state index >= 15 is 0 Å². The summed E-state index contributed by atoms with van der Waals surface area (Å²) in [5, 5.41) is 0. The first-order chi connectivity index (χ1) is 13.5. The molecule has 0 unspecified atom stereocenters. The van der Waals surface area contributed by atoms with Crippen molar-refractivity contribution < 1.29 is 23.9 Å². The van der Waals surface area contributed by atoms with Crippen LogP contribution in [-0.2, 0) is 19.1 Å². The van der Waals surface area contributed by atoms with Crippen molar-refractivity contribution in [2.45, 2.75) is 12.5 Å². The van der Waals surface area contributed by atoms with E-state index in [1.807, 2.05) is 6.07 Å². The third kappa shape index (κ3) is 4.31. The minimum absolute atomic E-state index is 0.153. The second-order valence-electron chi connectivity index (χ2n) is 6.56. The number of carbonyl (C=O) groups excluding carboxylic acids is 3. The Hall–Kier alpha value is -3.35. The summed E-state index contributed by atoms with van der Waals surface area (Å²) in [6, 6.07) is 15.8. The predicted octanol–water partition coefficient (Wildman–Crippen LogP) is 2.17. The number of para-hydroxylation sites is 2. The lowest BCUT2D eigenvalue weighted by Crippen LogP contribution is -2.38. The fourth-order valence-corrected chi connectivity index (χ4v) is 2.91. The number of benzene rings is 2. The minimum atomic E-state index is -1.07. The van der Waals surface area contributed by atoms with E-state index in [1.165, 1.54) is 9.80 Å². The van der Waals surface area contributed by atoms with Crippen LogP contribution in [0.5, 0.6) is 5.75 Å². The monoisotopic (exact) mass is 382 g/mol. The van der Waals surface area contributed by atoms with Crippen LogP contribution in [0, 0.1) is 0 Å². The lowest BCUT2D eigenvalue weighted by molar-refractivity contribution is -0.158. The van der Waals surface area contributed by atoms with Crippen LogP contribution in [-0.4, -0.2) is 49.9 Å². The molecule has 0 N–H and O–H groups in total. The van der Waals surface area contributed by atoms with Crippen molar-refractivity contribution in [2.24, 2.45) is 0 Å². The molecule has 0 spiro atoms. The summed E-state index contributed by atoms with van der Waals surface area (Å²) in [5.74, 6) is -0.734. The number of hydrogen-bond donors (Lipinski definition) is 0. The molecule has 146 valence electrons. The second-order valence-corrected chi connectivity index (χ2v) is 6.56. The Kier molecular flexibility index (Phi) is 5.93. The van der Waals surface area contributed by atoms with Gasteiger partial charge in [-0.15, -0.1) is 0 Å². The fourth-order valence-electron chi connectivity index (χ4n) is 2.91. The SMILES string of the molecule is CN(C)C(=O)[C@@H](OC(=O)CN1C(=O)CCOc2ccccc21)c1ccccc1. The van der Waals surface area contributed by atoms with Gasteiger partial charge in [0.1, 0.15) is 12.3 Å². The molecule has 0 radical (unpaired) electrons. The highest BCUT2D eigenvalue weighted by Crippen LogP contribution is 2.31. The number of nitrogens with zero attached hydrogens (tertiary/aromatic N) is 2. The predicted molar refractivity (Wildman–Crippen MR) is 103 cm³/mol. The molecule has 0 fully saturated rings. The van der Waals surface area contributed by atoms with E-state index in [1.54, 1.807) is 62.6 Å². The van der Waals surface area contributed by atoms with Gasteiger partial charge in [-0.25, -0.2) is 0 Å². The first-order valence-corrected chi connectivity index (χ1v) is 8.95. The molecule has 0 saturated heterocycles. The molecule has 1 aliphatic rings. The second kappa shape index (κ2) is 8.56. The molecule has 28 heavy (non-hydrogen) atoms. The normalized spacial score (nSPS) is 14.4. The van der Waals surface area contributed by atoms with Gasteiger partial charge in [-0.3, -0.25) is 19.3 Å². The lowest BCUT2D eigenvalue weighted by Gasteiger charge is -2.24. The number of carbonyl (C=O) groups is 3. The van der Waals surface area contributed by atoms with Gasteiger partial charge < -0.3 is 14.4 Å². The summed E-state index contributed by atoms with van der Waals surface area (Å²) in [5.41, 5.74) is 1.08. The van der Waals surface area contributed by atoms with Gasteiger partial charge >= 0.3 is 5.97 Å². The summed E-state index contributed by atoms with van der Waals surface area (Å²) in [6.45, 7) is -0.0591. The van der Waals surface area contributed by atoms with Crippen LogP contribution < -0.4 is 9.64 Å². The van der Waals surface area contributed by atoms with Gasteiger partial charge in [0, 0.05) is 19.7 Å². The number of anilines is 1. The Morgan fingerprint density at radius 1 is 1.11 bits per heavy atom. The zero-order valence-electron chi connectivity index (χ0n) is 15.8. The van der Waals surface area contributed by atoms with E-state index < -0.39 is 12.1 Å². The number of ether oxygens (including phenoxy) is 2. The molecule has 0 bridgehead atoms. The number of amides is 2. The molecule has 0 aromatic heterocycles. The Morgan fingerprint density at radius 3 is 2.50 bits per heavy atom. The van der Waals surface area contributed by atoms with Crippen molar-refractivity contribution in [1.82, 2.24) is 4.90 Å². The number of fused-ring (bicyclic) bond motifs is 1. The molecule has 7 nitrogen and oxygen atoms in total. The Bertz CT molecular complexity index is 866. The fraction of sp³-hybridized carbons (Fsp3) is 0.286. The van der Waals surface area contributed by atoms with E-state index in [-0.39, 0.29) is 31.4 Å². The van der Waals surface area contributed by atoms with Crippen LogP contribution in [0.3, 0.4) is 0 Å². The first kappa shape index (κ1) is 19.4. The molecule has 1 atom stereocenters. The maximum Gasteiger partial charge on any atom is 0.327 e. The molecule has 2 aromatic carbocycles. The van der Waals surface area contributed by atoms with E-state index in [9.17, 15) is 14.4 Å². The summed E-state index contributed by atoms with van der Waals surface area (Å²) in [4.78, 5) is 40.4. The molecule has 1 heterocycles. The highest BCUT2D eigenvalue weighted by atomic mass is 16.5. The van der Waals surface area contributed by atoms with Crippen molar-refractivity contribution in [3.05, 3.63) is 60.2 Å². The molecule has 0 aliphatic carbocycles. The Labute approximate surface area is 163 Å². The molecule has 2 aromatic rings. The Balaban J connectivity index is 1.81. The Morgan fingerprint density at radius 2 is 1.79 bits per heavy atom. The number of hydrogen-bond acceptors (Lipinski definition) is 5. The number of esters is 1. The third-order valence-electron chi connectivity index (χ3n) is 4.33. The van der Waals surface area contributed by atoms with E-state index in [2.05, 4.69) is 0 Å². The molecule has 1 aliphatic heterocycles. The zero-order chi connectivity index (χ0) is 20.1. The largest absolute Gasteiger partial charge is 0.491 e. The highest BCUT2D eigenvalue weighted by molar-refractivity contribution is 5.99. The molecule has 0 saturated carbocycles. The van der Waals surface area contributed by atoms with Gasteiger partial charge in [-0.1, -0.05) is 42.5 Å². The quantitative estimate of drug-likeness (QED) is 0.741. The van der Waals surface area contributed by atoms with Crippen molar-refractivity contribution in [2.75, 3.05) is 32.1 Å². The maximum absolute atomic E-state index is 12.7. The molecule has 3 rings (SSSR count). The van der Waals surface area contributed by atoms with Crippen LogP contribution >= 0.6 is 0 Å². The standard InChI is InChI=1S/C21H22N2O5/c1-22(2)21(26)20(15-8-4-3-5-9-15)28-19(25)14-23-16-10-6-7-11-17(16)27-13-12-18(23)24/h3-11,20H,12-14H2,1-2H3/t20-/m0/s1. The molecular formula is C21H22N2O5. The summed E-state index contributed by atoms with van der Waals surface area (Å²) < 4.78 is 11.1. The topological polar surface area (TPSA) is 76.2 Å². The van der Waals surface area contributed by atoms with Crippen LogP contribution in [0.1, 0.15) is 18.1 Å². The van der Waals surface area contributed by atoms with Gasteiger partial charge in [0.05, 0.1) is 18.7 Å². The smallest absolute Gasteiger partial charge is 0.327 e. The van der Waals surface area contributed by atoms with Crippen LogP contribution in [0.15, 0.2) is 54.6 Å². The van der Waals surface area contributed by atoms with Gasteiger partial charge in [-0.2, -0.15) is 0 Å². The van der Waals surface area contributed by atoms with Crippen LogP contribution in [0.25, 0.3) is 0 Å². The van der Waals surface area contributed by atoms with Gasteiger partial charge in [-0.05, 0) is 12.1 Å². The average Bonchev–Trinajstić information content (AvgIpc) is 2.85. The van der Waals surface area contributed by atoms with Crippen molar-refractivity contribution in [3.63, 3.8) is 0 Å². The number of rotatable bonds is 5. The van der Waals surface area contributed by atoms with Gasteiger partial charge in [0.15, 0.2) is 0 Å². The summed E-state index contributed by atoms with van der Waals surface area (Å²) >= 11 is 0. The average molecular weight is 382 g/mol. The van der Waals surface area contributed by atoms with E-state index in [0.717, 1.165) is 0 Å². The van der Waals surface area contributed by atoms with Gasteiger partial charge in [0.25, 0.3) is 5.91 Å². The lowest BCUT2D eigenvalue weighted by atomic mass is 10.1. The van der Waals surface area contributed by atoms with Crippen molar-refractivity contribution in [3.8, 4) is 5.75 Å². The summed E-state index contributed by atoms with van der Waals surface area (Å²) in [6.07, 6.45) is -0.918. The van der Waals surface area contributed by atoms with Crippen LogP contribution in [0.2, 0.25) is 0 Å². The number of likely N-dealkylation sites (N-methyl/N-ethyl adjacent to an activating group) is 1. The van der Waals surface area contributed by atoms with Crippen LogP contribution in [0.4, 0.5) is 5.69 Å². The summed E-state index contributed by atoms with van der Waals surface area (Å²) in [7, 11) is 3.19. The van der Waals surface area contributed by atoms with Crippen molar-refractivity contribution in [1.29, 1.82) is 0 Å².